The largest absolute Gasteiger partial charge is 0.207 e. The number of hydrogen-bond donors (Lipinski definition) is 0. The van der Waals surface area contributed by atoms with Gasteiger partial charge in [0.1, 0.15) is 5.82 Å². The second kappa shape index (κ2) is 4.99. The molecular formula is C11H13Cl2F. The smallest absolute Gasteiger partial charge is 0.123 e. The lowest BCUT2D eigenvalue weighted by Gasteiger charge is -2.24. The van der Waals surface area contributed by atoms with Crippen molar-refractivity contribution in [3.05, 3.63) is 35.6 Å². The molecule has 0 aromatic heterocycles. The number of rotatable bonds is 4. The number of halogens is 3. The summed E-state index contributed by atoms with van der Waals surface area (Å²) in [6.45, 7) is 2.02. The van der Waals surface area contributed by atoms with Crippen molar-refractivity contribution in [3.8, 4) is 0 Å². The minimum Gasteiger partial charge on any atom is -0.207 e. The monoisotopic (exact) mass is 234 g/mol. The molecule has 0 saturated heterocycles. The molecule has 0 aliphatic heterocycles. The van der Waals surface area contributed by atoms with Gasteiger partial charge in [0.05, 0.1) is 0 Å². The topological polar surface area (TPSA) is 0 Å². The first kappa shape index (κ1) is 11.8. The van der Waals surface area contributed by atoms with Gasteiger partial charge in [-0.05, 0) is 29.5 Å². The van der Waals surface area contributed by atoms with Crippen molar-refractivity contribution in [2.45, 2.75) is 13.3 Å². The molecule has 0 radical (unpaired) electrons. The summed E-state index contributed by atoms with van der Waals surface area (Å²) in [4.78, 5) is 0. The van der Waals surface area contributed by atoms with E-state index < -0.39 is 0 Å². The van der Waals surface area contributed by atoms with E-state index in [0.717, 1.165) is 12.0 Å². The zero-order chi connectivity index (χ0) is 10.6. The zero-order valence-corrected chi connectivity index (χ0v) is 9.58. The van der Waals surface area contributed by atoms with Gasteiger partial charge in [-0.2, -0.15) is 0 Å². The number of hydrogen-bond acceptors (Lipinski definition) is 0. The maximum Gasteiger partial charge on any atom is 0.123 e. The van der Waals surface area contributed by atoms with Crippen molar-refractivity contribution in [1.29, 1.82) is 0 Å². The minimum absolute atomic E-state index is 0.110. The number of alkyl halides is 2. The molecule has 0 heterocycles. The van der Waals surface area contributed by atoms with E-state index in [9.17, 15) is 4.39 Å². The van der Waals surface area contributed by atoms with Gasteiger partial charge >= 0.3 is 0 Å². The Hall–Kier alpha value is -0.270. The van der Waals surface area contributed by atoms with Gasteiger partial charge in [0.25, 0.3) is 0 Å². The fourth-order valence-electron chi connectivity index (χ4n) is 1.23. The molecule has 0 amide bonds. The average Bonchev–Trinajstić information content (AvgIpc) is 2.21. The van der Waals surface area contributed by atoms with Crippen molar-refractivity contribution in [1.82, 2.24) is 0 Å². The Balaban J connectivity index is 2.72. The fraction of sp³-hybridized carbons (Fsp3) is 0.455. The van der Waals surface area contributed by atoms with E-state index in [4.69, 9.17) is 23.2 Å². The van der Waals surface area contributed by atoms with Gasteiger partial charge in [0.15, 0.2) is 0 Å². The molecule has 1 aromatic carbocycles. The van der Waals surface area contributed by atoms with Crippen LogP contribution in [0, 0.1) is 11.2 Å². The highest BCUT2D eigenvalue weighted by Crippen LogP contribution is 2.25. The van der Waals surface area contributed by atoms with Crippen LogP contribution >= 0.6 is 23.2 Å². The summed E-state index contributed by atoms with van der Waals surface area (Å²) in [6.07, 6.45) is 0.778. The molecule has 0 fully saturated rings. The van der Waals surface area contributed by atoms with Gasteiger partial charge in [-0.3, -0.25) is 0 Å². The van der Waals surface area contributed by atoms with Crippen LogP contribution in [0.15, 0.2) is 24.3 Å². The average molecular weight is 235 g/mol. The van der Waals surface area contributed by atoms with Gasteiger partial charge in [-0.25, -0.2) is 4.39 Å². The molecule has 0 aliphatic rings. The van der Waals surface area contributed by atoms with Crippen molar-refractivity contribution in [3.63, 3.8) is 0 Å². The first-order chi connectivity index (χ1) is 6.59. The van der Waals surface area contributed by atoms with Crippen molar-refractivity contribution >= 4 is 23.2 Å². The molecule has 0 unspecified atom stereocenters. The summed E-state index contributed by atoms with van der Waals surface area (Å²) in [7, 11) is 0. The summed E-state index contributed by atoms with van der Waals surface area (Å²) < 4.78 is 12.6. The highest BCUT2D eigenvalue weighted by atomic mass is 35.5. The second-order valence-corrected chi connectivity index (χ2v) is 4.42. The predicted molar refractivity (Wildman–Crippen MR) is 59.7 cm³/mol. The highest BCUT2D eigenvalue weighted by Gasteiger charge is 2.22. The van der Waals surface area contributed by atoms with Crippen LogP contribution in [0.4, 0.5) is 4.39 Å². The molecule has 0 saturated carbocycles. The Morgan fingerprint density at radius 3 is 2.07 bits per heavy atom. The highest BCUT2D eigenvalue weighted by molar-refractivity contribution is 6.21. The normalized spacial score (nSPS) is 11.7. The molecular weight excluding hydrogens is 222 g/mol. The molecule has 0 bridgehead atoms. The van der Waals surface area contributed by atoms with Crippen LogP contribution in [0.25, 0.3) is 0 Å². The first-order valence-electron chi connectivity index (χ1n) is 4.46. The lowest BCUT2D eigenvalue weighted by atomic mass is 9.87. The molecule has 78 valence electrons. The van der Waals surface area contributed by atoms with Gasteiger partial charge < -0.3 is 0 Å². The third-order valence-corrected chi connectivity index (χ3v) is 3.48. The summed E-state index contributed by atoms with van der Waals surface area (Å²) in [5.74, 6) is 0.800. The Bertz CT molecular complexity index is 278. The van der Waals surface area contributed by atoms with Crippen LogP contribution in [0.3, 0.4) is 0 Å². The summed E-state index contributed by atoms with van der Waals surface area (Å²) >= 11 is 11.7. The molecule has 1 aromatic rings. The molecule has 3 heteroatoms. The van der Waals surface area contributed by atoms with Crippen LogP contribution < -0.4 is 0 Å². The van der Waals surface area contributed by atoms with E-state index in [1.807, 2.05) is 6.92 Å². The SMILES string of the molecule is CC(CCl)(CCl)Cc1ccc(F)cc1. The van der Waals surface area contributed by atoms with Crippen molar-refractivity contribution in [2.24, 2.45) is 5.41 Å². The van der Waals surface area contributed by atoms with Gasteiger partial charge in [-0.15, -0.1) is 23.2 Å². The van der Waals surface area contributed by atoms with E-state index in [0.29, 0.717) is 11.8 Å². The van der Waals surface area contributed by atoms with Crippen LogP contribution in [0.1, 0.15) is 12.5 Å². The van der Waals surface area contributed by atoms with E-state index in [2.05, 4.69) is 0 Å². The molecule has 14 heavy (non-hydrogen) atoms. The molecule has 0 aliphatic carbocycles. The lowest BCUT2D eigenvalue weighted by Crippen LogP contribution is -2.23. The van der Waals surface area contributed by atoms with Crippen LogP contribution in [-0.4, -0.2) is 11.8 Å². The Labute approximate surface area is 94.0 Å². The molecule has 0 spiro atoms. The number of benzene rings is 1. The zero-order valence-electron chi connectivity index (χ0n) is 8.06. The Kier molecular flexibility index (Phi) is 4.21. The molecule has 0 atom stereocenters. The van der Waals surface area contributed by atoms with E-state index in [1.54, 1.807) is 12.1 Å². The molecule has 0 nitrogen and oxygen atoms in total. The molecule has 0 N–H and O–H groups in total. The standard InChI is InChI=1S/C11H13Cl2F/c1-11(7-12,8-13)6-9-2-4-10(14)5-3-9/h2-5H,6-8H2,1H3. The third kappa shape index (κ3) is 3.14. The van der Waals surface area contributed by atoms with E-state index in [1.165, 1.54) is 12.1 Å². The Morgan fingerprint density at radius 2 is 1.64 bits per heavy atom. The summed E-state index contributed by atoms with van der Waals surface area (Å²) in [5.41, 5.74) is 0.955. The Morgan fingerprint density at radius 1 is 1.14 bits per heavy atom. The molecule has 1 rings (SSSR count). The lowest BCUT2D eigenvalue weighted by molar-refractivity contribution is 0.425. The quantitative estimate of drug-likeness (QED) is 0.695. The second-order valence-electron chi connectivity index (χ2n) is 3.88. The van der Waals surface area contributed by atoms with Crippen LogP contribution in [0.2, 0.25) is 0 Å². The van der Waals surface area contributed by atoms with Crippen LogP contribution in [0.5, 0.6) is 0 Å². The summed E-state index contributed by atoms with van der Waals surface area (Å²) in [6, 6.07) is 6.45. The third-order valence-electron chi connectivity index (χ3n) is 2.19. The van der Waals surface area contributed by atoms with Crippen molar-refractivity contribution < 1.29 is 4.39 Å². The van der Waals surface area contributed by atoms with Crippen LogP contribution in [-0.2, 0) is 6.42 Å². The van der Waals surface area contributed by atoms with Gasteiger partial charge in [0, 0.05) is 11.8 Å². The maximum atomic E-state index is 12.6. The first-order valence-corrected chi connectivity index (χ1v) is 5.53. The van der Waals surface area contributed by atoms with Gasteiger partial charge in [-0.1, -0.05) is 19.1 Å². The van der Waals surface area contributed by atoms with Crippen molar-refractivity contribution in [2.75, 3.05) is 11.8 Å². The summed E-state index contributed by atoms with van der Waals surface area (Å²) in [5, 5.41) is 0. The van der Waals surface area contributed by atoms with Gasteiger partial charge in [0.2, 0.25) is 0 Å². The predicted octanol–water partition coefficient (Wildman–Crippen LogP) is 3.85. The van der Waals surface area contributed by atoms with E-state index in [-0.39, 0.29) is 11.2 Å². The minimum atomic E-state index is -0.216. The maximum absolute atomic E-state index is 12.6. The van der Waals surface area contributed by atoms with E-state index >= 15 is 0 Å². The fourth-order valence-corrected chi connectivity index (χ4v) is 1.70.